The molecule has 0 unspecified atom stereocenters. The molecule has 0 saturated heterocycles. The number of ether oxygens (including phenoxy) is 1. The van der Waals surface area contributed by atoms with Crippen molar-refractivity contribution in [3.63, 3.8) is 0 Å². The normalized spacial score (nSPS) is 12.2. The molecule has 0 aromatic heterocycles. The van der Waals surface area contributed by atoms with Crippen LogP contribution in [0.2, 0.25) is 0 Å². The highest BCUT2D eigenvalue weighted by Crippen LogP contribution is 2.21. The van der Waals surface area contributed by atoms with Gasteiger partial charge in [0.2, 0.25) is 0 Å². The first-order chi connectivity index (χ1) is 8.67. The zero-order valence-electron chi connectivity index (χ0n) is 9.55. The third-order valence-corrected chi connectivity index (χ3v) is 3.05. The van der Waals surface area contributed by atoms with Gasteiger partial charge in [-0.15, -0.1) is 0 Å². The summed E-state index contributed by atoms with van der Waals surface area (Å²) in [6, 6.07) is 5.60. The number of alkyl halides is 2. The van der Waals surface area contributed by atoms with Crippen molar-refractivity contribution < 1.29 is 31.3 Å². The highest BCUT2D eigenvalue weighted by atomic mass is 32.2. The van der Waals surface area contributed by atoms with Crippen LogP contribution in [-0.4, -0.2) is 38.6 Å². The van der Waals surface area contributed by atoms with Crippen LogP contribution in [0.4, 0.5) is 8.78 Å². The third-order valence-electron chi connectivity index (χ3n) is 2.17. The fourth-order valence-electron chi connectivity index (χ4n) is 1.08. The van der Waals surface area contributed by atoms with Gasteiger partial charge in [-0.05, 0) is 12.1 Å². The van der Waals surface area contributed by atoms with E-state index < -0.39 is 27.9 Å². The number of benzene rings is 1. The number of rotatable bonds is 5. The second-order valence-electron chi connectivity index (χ2n) is 3.59. The van der Waals surface area contributed by atoms with E-state index >= 15 is 0 Å². The van der Waals surface area contributed by atoms with E-state index in [4.69, 9.17) is 12.4 Å². The van der Waals surface area contributed by atoms with Gasteiger partial charge in [-0.3, -0.25) is 4.55 Å². The molecule has 9 heteroatoms. The Bertz CT molecular complexity index is 556. The molecule has 1 aromatic rings. The first-order valence-electron chi connectivity index (χ1n) is 4.98. The first-order valence-corrected chi connectivity index (χ1v) is 6.42. The van der Waals surface area contributed by atoms with Gasteiger partial charge < -0.3 is 4.74 Å². The van der Waals surface area contributed by atoms with E-state index in [1.54, 1.807) is 0 Å². The summed E-state index contributed by atoms with van der Waals surface area (Å²) in [5, 5.41) is -4.54. The van der Waals surface area contributed by atoms with E-state index in [-0.39, 0.29) is 11.9 Å². The Morgan fingerprint density at radius 1 is 1.32 bits per heavy atom. The second kappa shape index (κ2) is 5.66. The Labute approximate surface area is 109 Å². The predicted octanol–water partition coefficient (Wildman–Crippen LogP) is 0.993. The van der Waals surface area contributed by atoms with Crippen molar-refractivity contribution in [2.24, 2.45) is 0 Å². The summed E-state index contributed by atoms with van der Waals surface area (Å²) in [6.07, 6.45) is 0.246. The van der Waals surface area contributed by atoms with Crippen LogP contribution in [0.5, 0.6) is 0 Å². The molecular weight excluding hydrogens is 281 g/mol. The lowest BCUT2D eigenvalue weighted by atomic mass is 9.96. The van der Waals surface area contributed by atoms with Gasteiger partial charge in [0, 0.05) is 0 Å². The molecule has 102 valence electrons. The predicted molar refractivity (Wildman–Crippen MR) is 62.7 cm³/mol. The Morgan fingerprint density at radius 2 is 1.84 bits per heavy atom. The van der Waals surface area contributed by atoms with Gasteiger partial charge in [-0.1, -0.05) is 24.0 Å². The maximum absolute atomic E-state index is 12.8. The van der Waals surface area contributed by atoms with Gasteiger partial charge in [0.1, 0.15) is 0 Å². The summed E-state index contributed by atoms with van der Waals surface area (Å²) in [6.45, 7) is -1.76. The summed E-state index contributed by atoms with van der Waals surface area (Å²) in [5.74, 6) is -1.13. The van der Waals surface area contributed by atoms with E-state index in [1.165, 1.54) is 24.3 Å². The Balaban J connectivity index is 2.70. The average Bonchev–Trinajstić information content (AvgIpc) is 2.35. The molecule has 1 rings (SSSR count). The maximum Gasteiger partial charge on any atom is 0.402 e. The van der Waals surface area contributed by atoms with Crippen LogP contribution in [0.1, 0.15) is 15.9 Å². The molecule has 19 heavy (non-hydrogen) atoms. The molecule has 0 aliphatic rings. The molecule has 5 nitrogen and oxygen atoms in total. The zero-order chi connectivity index (χ0) is 14.7. The minimum absolute atomic E-state index is 0.0386. The largest absolute Gasteiger partial charge is 0.454 e. The smallest absolute Gasteiger partial charge is 0.402 e. The Kier molecular flexibility index (Phi) is 4.64. The average molecular weight is 290 g/mol. The summed E-state index contributed by atoms with van der Waals surface area (Å²) in [5.41, 5.74) is 0.683. The van der Waals surface area contributed by atoms with Gasteiger partial charge in [-0.2, -0.15) is 17.2 Å². The van der Waals surface area contributed by atoms with E-state index in [2.05, 4.69) is 4.74 Å². The van der Waals surface area contributed by atoms with Crippen molar-refractivity contribution in [3.8, 4) is 0 Å². The van der Waals surface area contributed by atoms with Gasteiger partial charge in [0.15, 0.2) is 6.61 Å². The molecular formula is C10H9BF2O5S. The van der Waals surface area contributed by atoms with Crippen molar-refractivity contribution in [2.45, 2.75) is 11.6 Å². The molecule has 0 bridgehead atoms. The van der Waals surface area contributed by atoms with E-state index in [0.717, 1.165) is 5.56 Å². The minimum atomic E-state index is -5.62. The number of hydrogen-bond acceptors (Lipinski definition) is 4. The molecule has 0 atom stereocenters. The van der Waals surface area contributed by atoms with Gasteiger partial charge in [0.25, 0.3) is 0 Å². The van der Waals surface area contributed by atoms with Crippen LogP contribution >= 0.6 is 0 Å². The second-order valence-corrected chi connectivity index (χ2v) is 5.14. The molecule has 0 spiro atoms. The van der Waals surface area contributed by atoms with Crippen molar-refractivity contribution in [3.05, 3.63) is 35.4 Å². The monoisotopic (exact) mass is 290 g/mol. The lowest BCUT2D eigenvalue weighted by molar-refractivity contribution is -0.00950. The number of hydrogen-bond donors (Lipinski definition) is 1. The molecule has 2 radical (unpaired) electrons. The van der Waals surface area contributed by atoms with Crippen LogP contribution in [0.15, 0.2) is 24.3 Å². The quantitative estimate of drug-likeness (QED) is 0.497. The van der Waals surface area contributed by atoms with Crippen molar-refractivity contribution in [2.75, 3.05) is 6.61 Å². The standard InChI is InChI=1S/C10H9BF2O5S/c11-5-7-1-3-8(4-2-7)9(14)18-6-10(12,13)19(15,16)17/h1-4H,5-6H2,(H,15,16,17). The highest BCUT2D eigenvalue weighted by molar-refractivity contribution is 7.86. The molecule has 0 aliphatic carbocycles. The fourth-order valence-corrected chi connectivity index (χ4v) is 1.29. The molecule has 1 N–H and O–H groups in total. The van der Waals surface area contributed by atoms with Crippen molar-refractivity contribution >= 4 is 23.9 Å². The van der Waals surface area contributed by atoms with Gasteiger partial charge >= 0.3 is 21.3 Å². The van der Waals surface area contributed by atoms with Gasteiger partial charge in [0.05, 0.1) is 13.4 Å². The summed E-state index contributed by atoms with van der Waals surface area (Å²) in [4.78, 5) is 11.4. The maximum atomic E-state index is 12.8. The number of halogens is 2. The molecule has 0 amide bonds. The molecule has 1 aromatic carbocycles. The van der Waals surface area contributed by atoms with Crippen LogP contribution in [0.25, 0.3) is 0 Å². The van der Waals surface area contributed by atoms with Crippen LogP contribution in [0.3, 0.4) is 0 Å². The van der Waals surface area contributed by atoms with Gasteiger partial charge in [-0.25, -0.2) is 4.79 Å². The number of carbonyl (C=O) groups is 1. The zero-order valence-corrected chi connectivity index (χ0v) is 10.4. The number of carbonyl (C=O) groups excluding carboxylic acids is 1. The first kappa shape index (κ1) is 15.6. The van der Waals surface area contributed by atoms with Crippen molar-refractivity contribution in [1.29, 1.82) is 0 Å². The number of esters is 1. The Morgan fingerprint density at radius 3 is 2.26 bits per heavy atom. The fraction of sp³-hybridized carbons (Fsp3) is 0.300. The van der Waals surface area contributed by atoms with Crippen molar-refractivity contribution in [1.82, 2.24) is 0 Å². The van der Waals surface area contributed by atoms with Crippen LogP contribution in [-0.2, 0) is 21.2 Å². The molecule has 0 heterocycles. The van der Waals surface area contributed by atoms with E-state index in [0.29, 0.717) is 0 Å². The van der Waals surface area contributed by atoms with E-state index in [1.807, 2.05) is 0 Å². The SMILES string of the molecule is [B]Cc1ccc(C(=O)OCC(F)(F)S(=O)(=O)O)cc1. The minimum Gasteiger partial charge on any atom is -0.454 e. The topological polar surface area (TPSA) is 80.7 Å². The highest BCUT2D eigenvalue weighted by Gasteiger charge is 2.45. The molecule has 0 saturated carbocycles. The lowest BCUT2D eigenvalue weighted by Crippen LogP contribution is -2.34. The molecule has 0 fully saturated rings. The molecule has 0 aliphatic heterocycles. The van der Waals surface area contributed by atoms with Crippen LogP contribution < -0.4 is 0 Å². The van der Waals surface area contributed by atoms with Crippen LogP contribution in [0, 0.1) is 0 Å². The summed E-state index contributed by atoms with van der Waals surface area (Å²) >= 11 is 0. The summed E-state index contributed by atoms with van der Waals surface area (Å²) in [7, 11) is -0.288. The van der Waals surface area contributed by atoms with E-state index in [9.17, 15) is 22.0 Å². The third kappa shape index (κ3) is 4.00. The summed E-state index contributed by atoms with van der Waals surface area (Å²) < 4.78 is 58.5. The Hall–Kier alpha value is -1.48. The lowest BCUT2D eigenvalue weighted by Gasteiger charge is -2.13.